The lowest BCUT2D eigenvalue weighted by atomic mass is 9.90. The van der Waals surface area contributed by atoms with Crippen molar-refractivity contribution in [1.29, 1.82) is 0 Å². The zero-order valence-corrected chi connectivity index (χ0v) is 30.4. The maximum atomic E-state index is 13.6. The SMILES string of the molecule is CO[C@H]1\C=C/C=C\C=C/C[C@H](OC(=O)C2(NC(=O)C3=CCCCC3)CC2)[C@@H](C)[C@H](O)/C(C)=C\CCc2cc3c(c(c2O)NC(=O)C1)SCC(=O)N3. The number of carbonyl (C=O) groups excluding carboxylic acids is 4. The molecule has 274 valence electrons. The molecule has 11 nitrogen and oxygen atoms in total. The van der Waals surface area contributed by atoms with Crippen molar-refractivity contribution in [3.63, 3.8) is 0 Å². The van der Waals surface area contributed by atoms with Crippen molar-refractivity contribution < 1.29 is 38.9 Å². The summed E-state index contributed by atoms with van der Waals surface area (Å²) in [5.41, 5.74) is 1.61. The topological polar surface area (TPSA) is 163 Å². The standard InChI is InChI=1S/C39H49N3O8S/c1-24-13-12-16-27-21-29-36(51-23-32(44)40-29)33(35(27)46)41-31(43)22-28(49-3)17-10-5-4-6-11-18-30(25(2)34(24)45)50-38(48)39(19-20-39)42-37(47)26-14-8-7-9-15-26/h4-6,10-11,13-14,17,21,25,28,30,34,45-46H,7-9,12,15-16,18-20,22-23H2,1-3H3,(H,40,44)(H,41,43)(H,42,47)/b5-4-,11-6-,17-10-,24-13-/t25-,28+,30+,34-/m1/s1. The number of thioether (sulfide) groups is 1. The van der Waals surface area contributed by atoms with E-state index in [4.69, 9.17) is 9.47 Å². The first-order chi connectivity index (χ1) is 24.5. The summed E-state index contributed by atoms with van der Waals surface area (Å²) in [5.74, 6) is -1.66. The van der Waals surface area contributed by atoms with Crippen LogP contribution in [0.25, 0.3) is 0 Å². The number of rotatable bonds is 5. The van der Waals surface area contributed by atoms with E-state index in [2.05, 4.69) is 16.0 Å². The van der Waals surface area contributed by atoms with E-state index in [0.717, 1.165) is 24.8 Å². The lowest BCUT2D eigenvalue weighted by Gasteiger charge is -2.30. The zero-order chi connectivity index (χ0) is 36.5. The van der Waals surface area contributed by atoms with Crippen LogP contribution in [-0.4, -0.2) is 70.6 Å². The highest BCUT2D eigenvalue weighted by molar-refractivity contribution is 8.00. The second kappa shape index (κ2) is 17.4. The average Bonchev–Trinajstić information content (AvgIpc) is 3.91. The van der Waals surface area contributed by atoms with Crippen LogP contribution in [0.15, 0.2) is 70.7 Å². The molecular formula is C39H49N3O8S. The molecule has 2 heterocycles. The molecule has 1 fully saturated rings. The van der Waals surface area contributed by atoms with Crippen LogP contribution in [0.3, 0.4) is 0 Å². The van der Waals surface area contributed by atoms with Crippen LogP contribution in [-0.2, 0) is 35.1 Å². The number of nitrogens with one attached hydrogen (secondary N) is 3. The number of aryl methyl sites for hydroxylation is 1. The Hall–Kier alpha value is -4.13. The summed E-state index contributed by atoms with van der Waals surface area (Å²) in [6.07, 6.45) is 18.1. The van der Waals surface area contributed by atoms with E-state index in [1.165, 1.54) is 18.9 Å². The maximum Gasteiger partial charge on any atom is 0.332 e. The number of allylic oxidation sites excluding steroid dienone is 6. The molecule has 3 amide bonds. The predicted octanol–water partition coefficient (Wildman–Crippen LogP) is 5.79. The minimum atomic E-state index is -1.05. The normalized spacial score (nSPS) is 28.5. The molecule has 1 aromatic carbocycles. The highest BCUT2D eigenvalue weighted by Gasteiger charge is 2.54. The van der Waals surface area contributed by atoms with Gasteiger partial charge in [-0.25, -0.2) is 4.79 Å². The molecule has 51 heavy (non-hydrogen) atoms. The first-order valence-electron chi connectivity index (χ1n) is 17.7. The fourth-order valence-electron chi connectivity index (χ4n) is 6.46. The molecule has 0 spiro atoms. The second-order valence-electron chi connectivity index (χ2n) is 13.7. The zero-order valence-electron chi connectivity index (χ0n) is 29.5. The molecule has 0 radical (unpaired) electrons. The maximum absolute atomic E-state index is 13.6. The summed E-state index contributed by atoms with van der Waals surface area (Å²) >= 11 is 1.24. The molecule has 0 unspecified atom stereocenters. The number of aliphatic hydroxyl groups excluding tert-OH is 1. The molecule has 1 saturated carbocycles. The number of amides is 3. The van der Waals surface area contributed by atoms with E-state index >= 15 is 0 Å². The number of hydrogen-bond donors (Lipinski definition) is 5. The van der Waals surface area contributed by atoms with E-state index in [1.54, 1.807) is 30.4 Å². The summed E-state index contributed by atoms with van der Waals surface area (Å²) in [4.78, 5) is 52.5. The summed E-state index contributed by atoms with van der Waals surface area (Å²) in [5, 5.41) is 31.4. The van der Waals surface area contributed by atoms with Crippen molar-refractivity contribution >= 4 is 46.8 Å². The molecule has 12 heteroatoms. The van der Waals surface area contributed by atoms with Crippen LogP contribution < -0.4 is 16.0 Å². The van der Waals surface area contributed by atoms with Crippen molar-refractivity contribution in [2.45, 2.75) is 107 Å². The third-order valence-electron chi connectivity index (χ3n) is 9.84. The third-order valence-corrected chi connectivity index (χ3v) is 11.0. The number of methoxy groups -OCH3 is 1. The summed E-state index contributed by atoms with van der Waals surface area (Å²) < 4.78 is 11.6. The Bertz CT molecular complexity index is 1660. The van der Waals surface area contributed by atoms with E-state index in [-0.39, 0.29) is 41.3 Å². The molecule has 2 bridgehead atoms. The first-order valence-corrected chi connectivity index (χ1v) is 18.7. The first kappa shape index (κ1) is 38.1. The van der Waals surface area contributed by atoms with Gasteiger partial charge in [0.15, 0.2) is 0 Å². The predicted molar refractivity (Wildman–Crippen MR) is 197 cm³/mol. The number of esters is 1. The number of phenols is 1. The van der Waals surface area contributed by atoms with Crippen molar-refractivity contribution in [2.24, 2.45) is 5.92 Å². The molecule has 2 aliphatic heterocycles. The fourth-order valence-corrected chi connectivity index (χ4v) is 7.36. The monoisotopic (exact) mass is 719 g/mol. The molecule has 0 aromatic heterocycles. The number of aliphatic hydroxyl groups is 1. The van der Waals surface area contributed by atoms with Crippen LogP contribution in [0.4, 0.5) is 11.4 Å². The van der Waals surface area contributed by atoms with Crippen molar-refractivity contribution in [2.75, 3.05) is 23.5 Å². The van der Waals surface area contributed by atoms with Gasteiger partial charge in [-0.2, -0.15) is 0 Å². The molecule has 5 N–H and O–H groups in total. The minimum Gasteiger partial charge on any atom is -0.505 e. The Labute approximate surface area is 303 Å². The van der Waals surface area contributed by atoms with Gasteiger partial charge in [-0.05, 0) is 75.5 Å². The average molecular weight is 720 g/mol. The third kappa shape index (κ3) is 9.81. The lowest BCUT2D eigenvalue weighted by Crippen LogP contribution is -2.47. The van der Waals surface area contributed by atoms with Gasteiger partial charge < -0.3 is 35.6 Å². The molecule has 4 aliphatic rings. The molecular weight excluding hydrogens is 671 g/mol. The number of aromatic hydroxyl groups is 1. The van der Waals surface area contributed by atoms with Gasteiger partial charge in [-0.15, -0.1) is 11.8 Å². The minimum absolute atomic E-state index is 0.00352. The number of benzene rings is 1. The quantitative estimate of drug-likeness (QED) is 0.110. The number of ether oxygens (including phenoxy) is 2. The van der Waals surface area contributed by atoms with E-state index in [1.807, 2.05) is 38.2 Å². The van der Waals surface area contributed by atoms with Gasteiger partial charge in [0.05, 0.1) is 40.7 Å². The highest BCUT2D eigenvalue weighted by atomic mass is 32.2. The lowest BCUT2D eigenvalue weighted by molar-refractivity contribution is -0.158. The van der Waals surface area contributed by atoms with Gasteiger partial charge in [0.1, 0.15) is 17.4 Å². The van der Waals surface area contributed by atoms with E-state index in [0.29, 0.717) is 60.2 Å². The summed E-state index contributed by atoms with van der Waals surface area (Å²) in [7, 11) is 1.51. The van der Waals surface area contributed by atoms with Crippen LogP contribution in [0, 0.1) is 5.92 Å². The largest absolute Gasteiger partial charge is 0.505 e. The number of phenolic OH excluding ortho intramolecular Hbond substituents is 1. The Kier molecular flexibility index (Phi) is 13.0. The molecule has 0 saturated heterocycles. The van der Waals surface area contributed by atoms with E-state index < -0.39 is 35.7 Å². The fraction of sp³-hybridized carbons (Fsp3) is 0.487. The van der Waals surface area contributed by atoms with Gasteiger partial charge in [-0.3, -0.25) is 14.4 Å². The molecule has 2 aliphatic carbocycles. The molecule has 5 rings (SSSR count). The number of fused-ring (bicyclic) bond motifs is 4. The summed E-state index contributed by atoms with van der Waals surface area (Å²) in [6.45, 7) is 3.64. The number of carbonyl (C=O) groups is 4. The number of hydrogen-bond acceptors (Lipinski definition) is 9. The van der Waals surface area contributed by atoms with Gasteiger partial charge in [0.25, 0.3) is 0 Å². The van der Waals surface area contributed by atoms with Crippen LogP contribution in [0.2, 0.25) is 0 Å². The second-order valence-corrected chi connectivity index (χ2v) is 14.7. The Morgan fingerprint density at radius 2 is 1.80 bits per heavy atom. The Morgan fingerprint density at radius 3 is 2.53 bits per heavy atom. The van der Waals surface area contributed by atoms with Crippen LogP contribution in [0.5, 0.6) is 5.75 Å². The van der Waals surface area contributed by atoms with Crippen LogP contribution in [0.1, 0.15) is 77.2 Å². The van der Waals surface area contributed by atoms with Crippen molar-refractivity contribution in [3.05, 3.63) is 71.4 Å². The van der Waals surface area contributed by atoms with Gasteiger partial charge in [0.2, 0.25) is 17.7 Å². The van der Waals surface area contributed by atoms with E-state index in [9.17, 15) is 29.4 Å². The van der Waals surface area contributed by atoms with Gasteiger partial charge in [-0.1, -0.05) is 55.5 Å². The summed E-state index contributed by atoms with van der Waals surface area (Å²) in [6, 6.07) is 1.72. The smallest absolute Gasteiger partial charge is 0.332 e. The highest BCUT2D eigenvalue weighted by Crippen LogP contribution is 2.45. The van der Waals surface area contributed by atoms with Gasteiger partial charge in [0, 0.05) is 25.0 Å². The molecule has 4 atom stereocenters. The molecule has 1 aromatic rings. The Morgan fingerprint density at radius 1 is 1.02 bits per heavy atom. The Balaban J connectivity index is 1.38. The van der Waals surface area contributed by atoms with Crippen molar-refractivity contribution in [1.82, 2.24) is 5.32 Å². The van der Waals surface area contributed by atoms with Crippen LogP contribution >= 0.6 is 11.8 Å². The number of anilines is 2. The van der Waals surface area contributed by atoms with Crippen molar-refractivity contribution in [3.8, 4) is 5.75 Å². The van der Waals surface area contributed by atoms with Gasteiger partial charge >= 0.3 is 5.97 Å².